The molecular weight excluding hydrogens is 348 g/mol. The van der Waals surface area contributed by atoms with E-state index in [9.17, 15) is 14.3 Å². The highest BCUT2D eigenvalue weighted by Gasteiger charge is 2.40. The Balaban J connectivity index is 1.91. The van der Waals surface area contributed by atoms with Crippen molar-refractivity contribution < 1.29 is 18.7 Å². The van der Waals surface area contributed by atoms with Crippen LogP contribution in [0.2, 0.25) is 0 Å². The molecule has 3 nitrogen and oxygen atoms in total. The van der Waals surface area contributed by atoms with E-state index >= 15 is 4.39 Å². The third-order valence-electron chi connectivity index (χ3n) is 5.31. The van der Waals surface area contributed by atoms with Gasteiger partial charge in [0.1, 0.15) is 17.2 Å². The number of hydrogen-bond acceptors (Lipinski definition) is 2. The molecule has 1 saturated heterocycles. The highest BCUT2D eigenvalue weighted by atomic mass is 19.1. The number of nitrogens with zero attached hydrogens (tertiary/aromatic N) is 1. The molecule has 1 amide bonds. The molecule has 2 aromatic carbocycles. The first-order chi connectivity index (χ1) is 12.7. The second kappa shape index (κ2) is 7.39. The van der Waals surface area contributed by atoms with Gasteiger partial charge >= 0.3 is 0 Å². The van der Waals surface area contributed by atoms with Crippen LogP contribution in [0.25, 0.3) is 11.1 Å². The maximum Gasteiger partial charge on any atom is 0.254 e. The summed E-state index contributed by atoms with van der Waals surface area (Å²) in [5, 5.41) is 10.1. The Morgan fingerprint density at radius 2 is 1.93 bits per heavy atom. The molecule has 27 heavy (non-hydrogen) atoms. The fourth-order valence-corrected chi connectivity index (χ4v) is 3.76. The van der Waals surface area contributed by atoms with Crippen LogP contribution in [0, 0.1) is 17.6 Å². The van der Waals surface area contributed by atoms with Crippen molar-refractivity contribution in [2.75, 3.05) is 6.54 Å². The molecule has 0 spiro atoms. The van der Waals surface area contributed by atoms with Gasteiger partial charge in [0.25, 0.3) is 5.91 Å². The van der Waals surface area contributed by atoms with Crippen LogP contribution in [-0.4, -0.2) is 34.1 Å². The van der Waals surface area contributed by atoms with Crippen molar-refractivity contribution in [1.82, 2.24) is 4.90 Å². The average Bonchev–Trinajstić information content (AvgIpc) is 2.96. The first-order valence-electron chi connectivity index (χ1n) is 9.25. The van der Waals surface area contributed by atoms with Crippen LogP contribution >= 0.6 is 0 Å². The number of carbonyl (C=O) groups is 1. The van der Waals surface area contributed by atoms with E-state index in [2.05, 4.69) is 0 Å². The third-order valence-corrected chi connectivity index (χ3v) is 5.31. The zero-order chi connectivity index (χ0) is 19.8. The second-order valence-electron chi connectivity index (χ2n) is 7.88. The van der Waals surface area contributed by atoms with Crippen molar-refractivity contribution in [2.45, 2.75) is 45.3 Å². The van der Waals surface area contributed by atoms with Gasteiger partial charge in [-0.25, -0.2) is 8.78 Å². The number of likely N-dealkylation sites (tertiary alicyclic amines) is 1. The van der Waals surface area contributed by atoms with E-state index in [0.29, 0.717) is 29.7 Å². The fourth-order valence-electron chi connectivity index (χ4n) is 3.76. The smallest absolute Gasteiger partial charge is 0.254 e. The van der Waals surface area contributed by atoms with Gasteiger partial charge in [-0.2, -0.15) is 0 Å². The van der Waals surface area contributed by atoms with Crippen molar-refractivity contribution in [3.63, 3.8) is 0 Å². The van der Waals surface area contributed by atoms with Crippen LogP contribution < -0.4 is 0 Å². The molecule has 2 atom stereocenters. The van der Waals surface area contributed by atoms with Gasteiger partial charge in [0.2, 0.25) is 0 Å². The number of benzene rings is 2. The number of halogens is 2. The first-order valence-corrected chi connectivity index (χ1v) is 9.25. The normalized spacial score (nSPS) is 20.1. The van der Waals surface area contributed by atoms with E-state index in [1.165, 1.54) is 26.0 Å². The summed E-state index contributed by atoms with van der Waals surface area (Å²) >= 11 is 0. The molecule has 1 heterocycles. The van der Waals surface area contributed by atoms with Crippen LogP contribution in [-0.2, 0) is 11.2 Å². The molecular formula is C22H25F2NO2. The Kier molecular flexibility index (Phi) is 5.33. The molecule has 1 fully saturated rings. The van der Waals surface area contributed by atoms with Crippen molar-refractivity contribution in [3.8, 4) is 11.1 Å². The Labute approximate surface area is 158 Å². The molecule has 1 aliphatic rings. The Morgan fingerprint density at radius 1 is 1.22 bits per heavy atom. The molecule has 0 aromatic heterocycles. The molecule has 144 valence electrons. The molecule has 1 aliphatic heterocycles. The molecule has 0 bridgehead atoms. The second-order valence-corrected chi connectivity index (χ2v) is 7.88. The summed E-state index contributed by atoms with van der Waals surface area (Å²) in [6.45, 7) is 5.54. The molecule has 1 N–H and O–H groups in total. The summed E-state index contributed by atoms with van der Waals surface area (Å²) in [7, 11) is 0. The predicted molar refractivity (Wildman–Crippen MR) is 101 cm³/mol. The van der Waals surface area contributed by atoms with E-state index in [4.69, 9.17) is 0 Å². The Bertz CT molecular complexity index is 844. The summed E-state index contributed by atoms with van der Waals surface area (Å²) < 4.78 is 28.7. The minimum atomic E-state index is -1.45. The topological polar surface area (TPSA) is 40.5 Å². The summed E-state index contributed by atoms with van der Waals surface area (Å²) in [5.41, 5.74) is -0.134. The number of aliphatic hydroxyl groups is 1. The van der Waals surface area contributed by atoms with E-state index in [-0.39, 0.29) is 17.9 Å². The number of amides is 1. The van der Waals surface area contributed by atoms with E-state index in [1.54, 1.807) is 35.2 Å². The quantitative estimate of drug-likeness (QED) is 0.873. The predicted octanol–water partition coefficient (Wildman–Crippen LogP) is 4.18. The van der Waals surface area contributed by atoms with Crippen LogP contribution in [0.4, 0.5) is 8.78 Å². The lowest BCUT2D eigenvalue weighted by Crippen LogP contribution is -2.48. The van der Waals surface area contributed by atoms with Gasteiger partial charge in [0.15, 0.2) is 0 Å². The van der Waals surface area contributed by atoms with Gasteiger partial charge in [-0.05, 0) is 55.9 Å². The Morgan fingerprint density at radius 3 is 2.59 bits per heavy atom. The van der Waals surface area contributed by atoms with Gasteiger partial charge < -0.3 is 10.0 Å². The monoisotopic (exact) mass is 373 g/mol. The minimum absolute atomic E-state index is 0.179. The number of hydrogen-bond donors (Lipinski definition) is 1. The number of rotatable bonds is 4. The highest BCUT2D eigenvalue weighted by Crippen LogP contribution is 2.32. The zero-order valence-electron chi connectivity index (χ0n) is 15.9. The standard InChI is InChI=1S/C22H25F2NO2/c1-14-10-11-25(21(26)22(2,3)27)19(14)13-16-7-5-9-18(20(16)24)15-6-4-8-17(23)12-15/h4-9,12,14,19,27H,10-11,13H2,1-3H3. The third kappa shape index (κ3) is 4.03. The molecule has 0 aliphatic carbocycles. The maximum absolute atomic E-state index is 15.2. The molecule has 5 heteroatoms. The van der Waals surface area contributed by atoms with Crippen molar-refractivity contribution >= 4 is 5.91 Å². The largest absolute Gasteiger partial charge is 0.381 e. The lowest BCUT2D eigenvalue weighted by Gasteiger charge is -2.32. The van der Waals surface area contributed by atoms with Gasteiger partial charge in [0, 0.05) is 18.2 Å². The number of carbonyl (C=O) groups excluding carboxylic acids is 1. The average molecular weight is 373 g/mol. The minimum Gasteiger partial charge on any atom is -0.381 e. The van der Waals surface area contributed by atoms with E-state index in [0.717, 1.165) is 6.42 Å². The highest BCUT2D eigenvalue weighted by molar-refractivity contribution is 5.84. The zero-order valence-corrected chi connectivity index (χ0v) is 15.9. The van der Waals surface area contributed by atoms with Crippen LogP contribution in [0.3, 0.4) is 0 Å². The molecule has 0 radical (unpaired) electrons. The van der Waals surface area contributed by atoms with Gasteiger partial charge in [-0.3, -0.25) is 4.79 Å². The summed E-state index contributed by atoms with van der Waals surface area (Å²) in [6, 6.07) is 10.8. The lowest BCUT2D eigenvalue weighted by atomic mass is 9.92. The van der Waals surface area contributed by atoms with Crippen molar-refractivity contribution in [2.24, 2.45) is 5.92 Å². The van der Waals surface area contributed by atoms with Crippen LogP contribution in [0.5, 0.6) is 0 Å². The summed E-state index contributed by atoms with van der Waals surface area (Å²) in [6.07, 6.45) is 1.18. The molecule has 2 aromatic rings. The SMILES string of the molecule is CC1CCN(C(=O)C(C)(C)O)C1Cc1cccc(-c2cccc(F)c2)c1F. The molecule has 2 unspecified atom stereocenters. The van der Waals surface area contributed by atoms with E-state index in [1.807, 2.05) is 6.92 Å². The maximum atomic E-state index is 15.2. The Hall–Kier alpha value is -2.27. The van der Waals surface area contributed by atoms with Crippen molar-refractivity contribution in [3.05, 3.63) is 59.7 Å². The lowest BCUT2D eigenvalue weighted by molar-refractivity contribution is -0.149. The van der Waals surface area contributed by atoms with Gasteiger partial charge in [-0.15, -0.1) is 0 Å². The van der Waals surface area contributed by atoms with Gasteiger partial charge in [-0.1, -0.05) is 37.3 Å². The molecule has 3 rings (SSSR count). The van der Waals surface area contributed by atoms with Gasteiger partial charge in [0.05, 0.1) is 0 Å². The summed E-state index contributed by atoms with van der Waals surface area (Å²) in [4.78, 5) is 14.2. The first kappa shape index (κ1) is 19.5. The summed E-state index contributed by atoms with van der Waals surface area (Å²) in [5.74, 6) is -0.936. The van der Waals surface area contributed by atoms with Crippen LogP contribution in [0.15, 0.2) is 42.5 Å². The van der Waals surface area contributed by atoms with Crippen LogP contribution in [0.1, 0.15) is 32.8 Å². The van der Waals surface area contributed by atoms with E-state index < -0.39 is 17.2 Å². The molecule has 0 saturated carbocycles. The van der Waals surface area contributed by atoms with Crippen molar-refractivity contribution in [1.29, 1.82) is 0 Å². The fraction of sp³-hybridized carbons (Fsp3) is 0.409.